The van der Waals surface area contributed by atoms with Crippen LogP contribution in [0.2, 0.25) is 0 Å². The van der Waals surface area contributed by atoms with Gasteiger partial charge < -0.3 is 4.90 Å². The van der Waals surface area contributed by atoms with Gasteiger partial charge in [0, 0.05) is 17.3 Å². The van der Waals surface area contributed by atoms with Crippen LogP contribution in [0.3, 0.4) is 0 Å². The minimum Gasteiger partial charge on any atom is -0.349 e. The Morgan fingerprint density at radius 1 is 1.19 bits per heavy atom. The molecule has 0 bridgehead atoms. The molecule has 0 radical (unpaired) electrons. The second-order valence-electron chi connectivity index (χ2n) is 3.01. The molecule has 0 atom stereocenters. The fraction of sp³-hybridized carbons (Fsp3) is 0.643. The summed E-state index contributed by atoms with van der Waals surface area (Å²) in [6, 6.07) is 2.48. The molecular weight excluding hydrogens is 196 g/mol. The zero-order chi connectivity index (χ0) is 13.7. The minimum atomic E-state index is 0.353. The van der Waals surface area contributed by atoms with Gasteiger partial charge in [0.1, 0.15) is 0 Å². The van der Waals surface area contributed by atoms with Crippen LogP contribution in [0, 0.1) is 11.3 Å². The summed E-state index contributed by atoms with van der Waals surface area (Å²) < 4.78 is 0. The number of rotatable bonds is 3. The van der Waals surface area contributed by atoms with Crippen LogP contribution in [-0.2, 0) is 0 Å². The lowest BCUT2D eigenvalue weighted by Gasteiger charge is -2.25. The normalized spacial score (nSPS) is 9.75. The molecule has 0 spiro atoms. The number of hydrogen-bond donors (Lipinski definition) is 0. The van der Waals surface area contributed by atoms with E-state index in [1.165, 1.54) is 0 Å². The molecule has 0 aromatic rings. The predicted molar refractivity (Wildman–Crippen MR) is 73.9 cm³/mol. The lowest BCUT2D eigenvalue weighted by Crippen LogP contribution is -2.23. The monoisotopic (exact) mass is 224 g/mol. The summed E-state index contributed by atoms with van der Waals surface area (Å²) in [6.45, 7) is 19.6. The Morgan fingerprint density at radius 3 is 1.75 bits per heavy atom. The molecular formula is C14H28N2. The van der Waals surface area contributed by atoms with Crippen molar-refractivity contribution in [1.29, 1.82) is 5.26 Å². The van der Waals surface area contributed by atoms with Crippen LogP contribution in [-0.4, -0.2) is 10.9 Å². The summed E-state index contributed by atoms with van der Waals surface area (Å²) in [6.07, 6.45) is 1.75. The second-order valence-corrected chi connectivity index (χ2v) is 3.01. The summed E-state index contributed by atoms with van der Waals surface area (Å²) >= 11 is 0. The zero-order valence-electron chi connectivity index (χ0n) is 12.3. The van der Waals surface area contributed by atoms with Crippen molar-refractivity contribution in [3.63, 3.8) is 0 Å². The molecule has 0 aromatic carbocycles. The molecule has 0 aliphatic rings. The predicted octanol–water partition coefficient (Wildman–Crippen LogP) is 4.71. The molecule has 0 aromatic heterocycles. The zero-order valence-corrected chi connectivity index (χ0v) is 12.3. The van der Waals surface area contributed by atoms with E-state index in [9.17, 15) is 0 Å². The Labute approximate surface area is 102 Å². The first kappa shape index (κ1) is 20.2. The van der Waals surface area contributed by atoms with Crippen LogP contribution < -0.4 is 0 Å². The van der Waals surface area contributed by atoms with Gasteiger partial charge in [0.2, 0.25) is 0 Å². The summed E-state index contributed by atoms with van der Waals surface area (Å²) in [7, 11) is 0. The topological polar surface area (TPSA) is 27.0 Å². The highest BCUT2D eigenvalue weighted by Gasteiger charge is 2.07. The number of nitriles is 1. The van der Waals surface area contributed by atoms with E-state index >= 15 is 0 Å². The van der Waals surface area contributed by atoms with Crippen LogP contribution in [0.15, 0.2) is 24.0 Å². The highest BCUT2D eigenvalue weighted by molar-refractivity contribution is 5.24. The van der Waals surface area contributed by atoms with Crippen molar-refractivity contribution in [1.82, 2.24) is 4.90 Å². The van der Waals surface area contributed by atoms with E-state index in [-0.39, 0.29) is 0 Å². The fourth-order valence-corrected chi connectivity index (χ4v) is 1.01. The van der Waals surface area contributed by atoms with E-state index in [1.807, 2.05) is 46.4 Å². The maximum atomic E-state index is 8.66. The quantitative estimate of drug-likeness (QED) is 0.649. The van der Waals surface area contributed by atoms with Crippen molar-refractivity contribution in [3.05, 3.63) is 24.0 Å². The molecule has 0 fully saturated rings. The smallest absolute Gasteiger partial charge is 0.0962 e. The van der Waals surface area contributed by atoms with E-state index in [1.54, 1.807) is 6.20 Å². The first-order valence-corrected chi connectivity index (χ1v) is 6.03. The molecule has 0 unspecified atom stereocenters. The van der Waals surface area contributed by atoms with E-state index in [4.69, 9.17) is 5.26 Å². The van der Waals surface area contributed by atoms with Crippen LogP contribution in [0.4, 0.5) is 0 Å². The molecule has 0 saturated carbocycles. The van der Waals surface area contributed by atoms with Crippen molar-refractivity contribution in [2.24, 2.45) is 0 Å². The van der Waals surface area contributed by atoms with Crippen LogP contribution in [0.25, 0.3) is 0 Å². The molecule has 0 saturated heterocycles. The van der Waals surface area contributed by atoms with Crippen LogP contribution in [0.1, 0.15) is 55.4 Å². The van der Waals surface area contributed by atoms with Crippen molar-refractivity contribution < 1.29 is 0 Å². The van der Waals surface area contributed by atoms with Crippen LogP contribution >= 0.6 is 0 Å². The molecule has 16 heavy (non-hydrogen) atoms. The van der Waals surface area contributed by atoms with Gasteiger partial charge in [0.15, 0.2) is 0 Å². The average molecular weight is 224 g/mol. The van der Waals surface area contributed by atoms with Gasteiger partial charge in [-0.1, -0.05) is 34.3 Å². The summed E-state index contributed by atoms with van der Waals surface area (Å²) in [5, 5.41) is 8.66. The molecule has 0 heterocycles. The number of hydrogen-bond acceptors (Lipinski definition) is 2. The van der Waals surface area contributed by atoms with E-state index in [0.29, 0.717) is 6.04 Å². The number of allylic oxidation sites excluding steroid dienone is 2. The van der Waals surface area contributed by atoms with Gasteiger partial charge in [0.25, 0.3) is 0 Å². The molecule has 0 rings (SSSR count). The Morgan fingerprint density at radius 2 is 1.56 bits per heavy atom. The van der Waals surface area contributed by atoms with Gasteiger partial charge in [-0.15, -0.1) is 0 Å². The molecule has 0 aliphatic heterocycles. The van der Waals surface area contributed by atoms with Gasteiger partial charge in [-0.25, -0.2) is 0 Å². The largest absolute Gasteiger partial charge is 0.349 e. The van der Waals surface area contributed by atoms with Gasteiger partial charge in [-0.2, -0.15) is 5.26 Å². The molecule has 0 aliphatic carbocycles. The third-order valence-corrected chi connectivity index (χ3v) is 1.85. The maximum Gasteiger partial charge on any atom is 0.0962 e. The standard InChI is InChI=1S/C10H16N2.2C2H6/c1-6-12(8(2)3)10(5)9(4)7-11;2*1-2/h6,8H,1H2,2-5H3;2*1-2H3/b10-9+;;. The van der Waals surface area contributed by atoms with Gasteiger partial charge in [-0.3, -0.25) is 0 Å². The van der Waals surface area contributed by atoms with E-state index in [2.05, 4.69) is 26.5 Å². The highest BCUT2D eigenvalue weighted by Crippen LogP contribution is 2.12. The SMILES string of the molecule is C=CN(/C(C)=C(\C)C#N)C(C)C.CC.CC. The van der Waals surface area contributed by atoms with Crippen LogP contribution in [0.5, 0.6) is 0 Å². The lowest BCUT2D eigenvalue weighted by atomic mass is 10.2. The third kappa shape index (κ3) is 8.11. The second kappa shape index (κ2) is 13.8. The number of nitrogens with zero attached hydrogens (tertiary/aromatic N) is 2. The van der Waals surface area contributed by atoms with Crippen molar-refractivity contribution in [3.8, 4) is 6.07 Å². The minimum absolute atomic E-state index is 0.353. The van der Waals surface area contributed by atoms with Gasteiger partial charge >= 0.3 is 0 Å². The van der Waals surface area contributed by atoms with Crippen molar-refractivity contribution >= 4 is 0 Å². The first-order chi connectivity index (χ1) is 7.54. The summed E-state index contributed by atoms with van der Waals surface area (Å²) in [5.41, 5.74) is 1.71. The average Bonchev–Trinajstić information content (AvgIpc) is 2.33. The third-order valence-electron chi connectivity index (χ3n) is 1.85. The Hall–Kier alpha value is -1.23. The summed E-state index contributed by atoms with van der Waals surface area (Å²) in [4.78, 5) is 1.98. The fourth-order valence-electron chi connectivity index (χ4n) is 1.01. The Balaban J connectivity index is -0.000000376. The highest BCUT2D eigenvalue weighted by atomic mass is 15.1. The van der Waals surface area contributed by atoms with E-state index in [0.717, 1.165) is 11.3 Å². The van der Waals surface area contributed by atoms with E-state index < -0.39 is 0 Å². The molecule has 2 nitrogen and oxygen atoms in total. The van der Waals surface area contributed by atoms with Crippen molar-refractivity contribution in [2.45, 2.75) is 61.4 Å². The molecule has 2 heteroatoms. The van der Waals surface area contributed by atoms with Gasteiger partial charge in [-0.05, 0) is 33.9 Å². The molecule has 0 N–H and O–H groups in total. The molecule has 94 valence electrons. The first-order valence-electron chi connectivity index (χ1n) is 6.03. The Kier molecular flexibility index (Phi) is 17.4. The Bertz CT molecular complexity index is 232. The van der Waals surface area contributed by atoms with Crippen molar-refractivity contribution in [2.75, 3.05) is 0 Å². The lowest BCUT2D eigenvalue weighted by molar-refractivity contribution is 0.383. The molecule has 0 amide bonds. The maximum absolute atomic E-state index is 8.66. The van der Waals surface area contributed by atoms with Gasteiger partial charge in [0.05, 0.1) is 6.07 Å². The summed E-state index contributed by atoms with van der Waals surface area (Å²) in [5.74, 6) is 0.